The summed E-state index contributed by atoms with van der Waals surface area (Å²) in [4.78, 5) is 4.10. The zero-order valence-electron chi connectivity index (χ0n) is 6.76. The summed E-state index contributed by atoms with van der Waals surface area (Å²) in [6.45, 7) is 3.71. The Hall–Kier alpha value is -1.09. The average molecular weight is 183 g/mol. The highest BCUT2D eigenvalue weighted by molar-refractivity contribution is 6.34. The molecule has 0 N–H and O–H groups in total. The third-order valence-electron chi connectivity index (χ3n) is 1.71. The van der Waals surface area contributed by atoms with Crippen LogP contribution in [0, 0.1) is 13.8 Å². The molecule has 0 aliphatic heterocycles. The van der Waals surface area contributed by atoms with Gasteiger partial charge in [0.1, 0.15) is 5.15 Å². The second-order valence-electron chi connectivity index (χ2n) is 2.70. The lowest BCUT2D eigenvalue weighted by Crippen LogP contribution is -1.82. The van der Waals surface area contributed by atoms with E-state index in [2.05, 4.69) is 10.1 Å². The molecular weight excluding hydrogens is 176 g/mol. The normalized spacial score (nSPS) is 10.9. The number of rotatable bonds is 0. The summed E-state index contributed by atoms with van der Waals surface area (Å²) in [6.07, 6.45) is 0. The van der Waals surface area contributed by atoms with Crippen LogP contribution in [0.5, 0.6) is 0 Å². The number of pyridine rings is 1. The highest BCUT2D eigenvalue weighted by Gasteiger charge is 2.09. The maximum absolute atomic E-state index is 5.90. The van der Waals surface area contributed by atoms with Crippen molar-refractivity contribution in [3.8, 4) is 0 Å². The Morgan fingerprint density at radius 2 is 2.17 bits per heavy atom. The molecule has 0 bridgehead atoms. The van der Waals surface area contributed by atoms with Crippen LogP contribution in [0.3, 0.4) is 0 Å². The van der Waals surface area contributed by atoms with Crippen molar-refractivity contribution < 1.29 is 4.52 Å². The Labute approximate surface area is 74.3 Å². The van der Waals surface area contributed by atoms with Gasteiger partial charge in [-0.2, -0.15) is 0 Å². The van der Waals surface area contributed by atoms with E-state index in [4.69, 9.17) is 16.1 Å². The second-order valence-corrected chi connectivity index (χ2v) is 3.05. The van der Waals surface area contributed by atoms with E-state index in [1.807, 2.05) is 19.9 Å². The van der Waals surface area contributed by atoms with E-state index >= 15 is 0 Å². The first-order valence-electron chi connectivity index (χ1n) is 3.57. The first kappa shape index (κ1) is 7.55. The minimum atomic E-state index is 0.462. The largest absolute Gasteiger partial charge is 0.356 e. The monoisotopic (exact) mass is 182 g/mol. The molecule has 0 spiro atoms. The summed E-state index contributed by atoms with van der Waals surface area (Å²) in [5.41, 5.74) is 2.32. The standard InChI is InChI=1S/C8H7ClN2O/c1-4-3-6-7(8(9)10-4)5(2)11-12-6/h3H,1-2H3. The van der Waals surface area contributed by atoms with Crippen molar-refractivity contribution in [2.75, 3.05) is 0 Å². The summed E-state index contributed by atoms with van der Waals surface area (Å²) in [5.74, 6) is 0. The molecular formula is C8H7ClN2O. The minimum absolute atomic E-state index is 0.462. The lowest BCUT2D eigenvalue weighted by atomic mass is 10.2. The van der Waals surface area contributed by atoms with Crippen molar-refractivity contribution in [3.63, 3.8) is 0 Å². The van der Waals surface area contributed by atoms with Gasteiger partial charge in [-0.1, -0.05) is 16.8 Å². The van der Waals surface area contributed by atoms with Crippen LogP contribution in [0.25, 0.3) is 11.0 Å². The van der Waals surface area contributed by atoms with Crippen LogP contribution in [0.15, 0.2) is 10.6 Å². The van der Waals surface area contributed by atoms with Crippen LogP contribution in [-0.2, 0) is 0 Å². The molecule has 0 aliphatic rings. The molecule has 62 valence electrons. The first-order valence-corrected chi connectivity index (χ1v) is 3.95. The van der Waals surface area contributed by atoms with E-state index < -0.39 is 0 Å². The average Bonchev–Trinajstić information content (AvgIpc) is 2.31. The Morgan fingerprint density at radius 1 is 1.42 bits per heavy atom. The van der Waals surface area contributed by atoms with E-state index in [1.54, 1.807) is 0 Å². The van der Waals surface area contributed by atoms with E-state index in [0.717, 1.165) is 16.8 Å². The number of hydrogen-bond acceptors (Lipinski definition) is 3. The fourth-order valence-electron chi connectivity index (χ4n) is 1.17. The molecule has 2 rings (SSSR count). The van der Waals surface area contributed by atoms with Gasteiger partial charge in [-0.15, -0.1) is 0 Å². The summed E-state index contributed by atoms with van der Waals surface area (Å²) in [7, 11) is 0. The lowest BCUT2D eigenvalue weighted by molar-refractivity contribution is 0.450. The van der Waals surface area contributed by atoms with E-state index in [0.29, 0.717) is 10.7 Å². The van der Waals surface area contributed by atoms with Crippen molar-refractivity contribution in [2.24, 2.45) is 0 Å². The van der Waals surface area contributed by atoms with Crippen LogP contribution in [0.2, 0.25) is 5.15 Å². The third-order valence-corrected chi connectivity index (χ3v) is 1.98. The Kier molecular flexibility index (Phi) is 1.54. The predicted molar refractivity (Wildman–Crippen MR) is 46.3 cm³/mol. The van der Waals surface area contributed by atoms with Crippen molar-refractivity contribution in [1.29, 1.82) is 0 Å². The van der Waals surface area contributed by atoms with Crippen LogP contribution >= 0.6 is 11.6 Å². The van der Waals surface area contributed by atoms with Crippen molar-refractivity contribution >= 4 is 22.6 Å². The van der Waals surface area contributed by atoms with Crippen LogP contribution in [0.1, 0.15) is 11.4 Å². The van der Waals surface area contributed by atoms with Gasteiger partial charge in [0.15, 0.2) is 5.58 Å². The molecule has 0 saturated heterocycles. The number of aromatic nitrogens is 2. The lowest BCUT2D eigenvalue weighted by Gasteiger charge is -1.93. The number of hydrogen-bond donors (Lipinski definition) is 0. The van der Waals surface area contributed by atoms with Crippen molar-refractivity contribution in [1.82, 2.24) is 10.1 Å². The highest BCUT2D eigenvalue weighted by atomic mass is 35.5. The summed E-state index contributed by atoms with van der Waals surface area (Å²) in [6, 6.07) is 1.82. The topological polar surface area (TPSA) is 38.9 Å². The van der Waals surface area contributed by atoms with Gasteiger partial charge in [0.2, 0.25) is 0 Å². The molecule has 12 heavy (non-hydrogen) atoms. The molecule has 0 radical (unpaired) electrons. The summed E-state index contributed by atoms with van der Waals surface area (Å²) < 4.78 is 5.04. The smallest absolute Gasteiger partial charge is 0.172 e. The fourth-order valence-corrected chi connectivity index (χ4v) is 1.53. The molecule has 3 nitrogen and oxygen atoms in total. The molecule has 0 saturated carbocycles. The molecule has 0 aliphatic carbocycles. The zero-order valence-corrected chi connectivity index (χ0v) is 7.51. The Balaban J connectivity index is 2.93. The third kappa shape index (κ3) is 0.975. The maximum Gasteiger partial charge on any atom is 0.172 e. The number of halogens is 1. The summed E-state index contributed by atoms with van der Waals surface area (Å²) >= 11 is 5.90. The molecule has 2 aromatic rings. The quantitative estimate of drug-likeness (QED) is 0.588. The molecule has 2 aromatic heterocycles. The molecule has 0 amide bonds. The minimum Gasteiger partial charge on any atom is -0.356 e. The van der Waals surface area contributed by atoms with Crippen LogP contribution in [0.4, 0.5) is 0 Å². The van der Waals surface area contributed by atoms with Gasteiger partial charge < -0.3 is 4.52 Å². The maximum atomic E-state index is 5.90. The van der Waals surface area contributed by atoms with Gasteiger partial charge in [-0.25, -0.2) is 4.98 Å². The molecule has 0 atom stereocenters. The molecule has 0 unspecified atom stereocenters. The molecule has 4 heteroatoms. The number of fused-ring (bicyclic) bond motifs is 1. The Bertz CT molecular complexity index is 436. The number of aryl methyl sites for hydroxylation is 2. The number of nitrogens with zero attached hydrogens (tertiary/aromatic N) is 2. The SMILES string of the molecule is Cc1cc2onc(C)c2c(Cl)n1. The van der Waals surface area contributed by atoms with Gasteiger partial charge in [0.05, 0.1) is 11.1 Å². The molecule has 2 heterocycles. The van der Waals surface area contributed by atoms with Gasteiger partial charge >= 0.3 is 0 Å². The van der Waals surface area contributed by atoms with Crippen LogP contribution < -0.4 is 0 Å². The van der Waals surface area contributed by atoms with Crippen LogP contribution in [-0.4, -0.2) is 10.1 Å². The van der Waals surface area contributed by atoms with Gasteiger partial charge in [-0.3, -0.25) is 0 Å². The van der Waals surface area contributed by atoms with E-state index in [-0.39, 0.29) is 0 Å². The Morgan fingerprint density at radius 3 is 2.92 bits per heavy atom. The highest BCUT2D eigenvalue weighted by Crippen LogP contribution is 2.24. The predicted octanol–water partition coefficient (Wildman–Crippen LogP) is 2.49. The molecule has 0 fully saturated rings. The van der Waals surface area contributed by atoms with E-state index in [9.17, 15) is 0 Å². The van der Waals surface area contributed by atoms with Crippen molar-refractivity contribution in [2.45, 2.75) is 13.8 Å². The van der Waals surface area contributed by atoms with Gasteiger partial charge in [0, 0.05) is 11.8 Å². The van der Waals surface area contributed by atoms with Gasteiger partial charge in [0.25, 0.3) is 0 Å². The molecule has 0 aromatic carbocycles. The zero-order chi connectivity index (χ0) is 8.72. The second kappa shape index (κ2) is 2.45. The summed E-state index contributed by atoms with van der Waals surface area (Å²) in [5, 5.41) is 5.07. The first-order chi connectivity index (χ1) is 5.68. The van der Waals surface area contributed by atoms with Crippen molar-refractivity contribution in [3.05, 3.63) is 22.6 Å². The van der Waals surface area contributed by atoms with E-state index in [1.165, 1.54) is 0 Å². The fraction of sp³-hybridized carbons (Fsp3) is 0.250. The van der Waals surface area contributed by atoms with Gasteiger partial charge in [-0.05, 0) is 13.8 Å².